The maximum Gasteiger partial charge on any atom is 0.262 e. The first-order chi connectivity index (χ1) is 13.5. The lowest BCUT2D eigenvalue weighted by Crippen LogP contribution is -2.24. The maximum atomic E-state index is 12.2. The van der Waals surface area contributed by atoms with Crippen molar-refractivity contribution in [2.45, 2.75) is 13.5 Å². The Bertz CT molecular complexity index is 930. The summed E-state index contributed by atoms with van der Waals surface area (Å²) >= 11 is 0. The van der Waals surface area contributed by atoms with Crippen molar-refractivity contribution >= 4 is 12.0 Å². The molecular formula is C22H22N2O4. The Morgan fingerprint density at radius 2 is 1.86 bits per heavy atom. The lowest BCUT2D eigenvalue weighted by atomic mass is 10.1. The molecule has 0 atom stereocenters. The number of nitriles is 1. The molecule has 6 heteroatoms. The highest BCUT2D eigenvalue weighted by molar-refractivity contribution is 5.97. The number of benzene rings is 2. The van der Waals surface area contributed by atoms with Gasteiger partial charge in [0.2, 0.25) is 5.75 Å². The van der Waals surface area contributed by atoms with Crippen LogP contribution in [0.15, 0.2) is 54.1 Å². The normalized spacial score (nSPS) is 11.1. The third kappa shape index (κ3) is 5.15. The first-order valence-corrected chi connectivity index (χ1v) is 8.56. The smallest absolute Gasteiger partial charge is 0.262 e. The van der Waals surface area contributed by atoms with E-state index < -0.39 is 5.91 Å². The number of phenols is 1. The van der Waals surface area contributed by atoms with E-state index >= 15 is 0 Å². The Kier molecular flexibility index (Phi) is 7.23. The van der Waals surface area contributed by atoms with Crippen LogP contribution in [0.3, 0.4) is 0 Å². The van der Waals surface area contributed by atoms with E-state index in [2.05, 4.69) is 5.32 Å². The second kappa shape index (κ2) is 9.83. The van der Waals surface area contributed by atoms with Gasteiger partial charge in [-0.05, 0) is 41.8 Å². The number of nitrogens with one attached hydrogen (secondary N) is 1. The predicted octanol–water partition coefficient (Wildman–Crippen LogP) is 3.50. The number of aryl methyl sites for hydroxylation is 1. The number of methoxy groups -OCH3 is 2. The molecule has 0 radical (unpaired) electrons. The predicted molar refractivity (Wildman–Crippen MR) is 107 cm³/mol. The number of rotatable bonds is 7. The number of hydrogen-bond acceptors (Lipinski definition) is 5. The van der Waals surface area contributed by atoms with Crippen molar-refractivity contribution in [3.05, 3.63) is 70.8 Å². The summed E-state index contributed by atoms with van der Waals surface area (Å²) in [6.07, 6.45) is 4.69. The van der Waals surface area contributed by atoms with Crippen LogP contribution < -0.4 is 14.8 Å². The highest BCUT2D eigenvalue weighted by atomic mass is 16.5. The number of ether oxygens (including phenoxy) is 2. The molecule has 0 aromatic heterocycles. The molecule has 0 saturated heterocycles. The summed E-state index contributed by atoms with van der Waals surface area (Å²) in [6.45, 7) is 2.31. The van der Waals surface area contributed by atoms with E-state index in [-0.39, 0.29) is 22.8 Å². The largest absolute Gasteiger partial charge is 0.502 e. The van der Waals surface area contributed by atoms with Crippen LogP contribution in [0.25, 0.3) is 6.08 Å². The molecule has 144 valence electrons. The lowest BCUT2D eigenvalue weighted by molar-refractivity contribution is -0.117. The van der Waals surface area contributed by atoms with Crippen molar-refractivity contribution in [1.29, 1.82) is 5.26 Å². The van der Waals surface area contributed by atoms with Gasteiger partial charge in [-0.25, -0.2) is 0 Å². The molecule has 2 aromatic rings. The fraction of sp³-hybridized carbons (Fsp3) is 0.182. The zero-order chi connectivity index (χ0) is 20.5. The molecule has 0 heterocycles. The molecule has 0 unspecified atom stereocenters. The van der Waals surface area contributed by atoms with E-state index in [1.807, 2.05) is 37.3 Å². The highest BCUT2D eigenvalue weighted by Crippen LogP contribution is 2.37. The Balaban J connectivity index is 2.11. The van der Waals surface area contributed by atoms with Crippen molar-refractivity contribution in [3.8, 4) is 23.3 Å². The molecule has 6 nitrogen and oxygen atoms in total. The number of allylic oxidation sites excluding steroid dienone is 2. The van der Waals surface area contributed by atoms with Crippen LogP contribution in [-0.4, -0.2) is 25.2 Å². The molecule has 0 saturated carbocycles. The standard InChI is InChI=1S/C22H22N2O4/c1-15-7-4-5-9-18(15)14-24-22(26)17(13-23)10-6-8-16-11-19(27-2)21(25)20(12-16)28-3/h4-12,25H,14H2,1-3H3,(H,24,26)/b8-6+,17-10+. The van der Waals surface area contributed by atoms with E-state index in [1.165, 1.54) is 20.3 Å². The second-order valence-corrected chi connectivity index (χ2v) is 5.93. The van der Waals surface area contributed by atoms with Gasteiger partial charge in [-0.1, -0.05) is 36.4 Å². The highest BCUT2D eigenvalue weighted by Gasteiger charge is 2.10. The molecule has 0 spiro atoms. The van der Waals surface area contributed by atoms with Crippen molar-refractivity contribution < 1.29 is 19.4 Å². The van der Waals surface area contributed by atoms with Gasteiger partial charge in [-0.15, -0.1) is 0 Å². The van der Waals surface area contributed by atoms with Crippen molar-refractivity contribution in [3.63, 3.8) is 0 Å². The quantitative estimate of drug-likeness (QED) is 0.437. The molecule has 2 N–H and O–H groups in total. The van der Waals surface area contributed by atoms with Crippen LogP contribution in [0.2, 0.25) is 0 Å². The van der Waals surface area contributed by atoms with Crippen LogP contribution in [0.4, 0.5) is 0 Å². The van der Waals surface area contributed by atoms with Gasteiger partial charge in [-0.3, -0.25) is 4.79 Å². The Hall–Kier alpha value is -3.72. The molecule has 0 aliphatic heterocycles. The fourth-order valence-electron chi connectivity index (χ4n) is 2.51. The summed E-state index contributed by atoms with van der Waals surface area (Å²) in [7, 11) is 2.88. The summed E-state index contributed by atoms with van der Waals surface area (Å²) in [5.41, 5.74) is 2.73. The number of nitrogens with zero attached hydrogens (tertiary/aromatic N) is 1. The number of carbonyl (C=O) groups excluding carboxylic acids is 1. The van der Waals surface area contributed by atoms with E-state index in [0.717, 1.165) is 11.1 Å². The number of aromatic hydroxyl groups is 1. The van der Waals surface area contributed by atoms with Crippen molar-refractivity contribution in [2.24, 2.45) is 0 Å². The SMILES string of the molecule is COc1cc(/C=C/C=C(\C#N)C(=O)NCc2ccccc2C)cc(OC)c1O. The van der Waals surface area contributed by atoms with Gasteiger partial charge in [0.1, 0.15) is 11.6 Å². The van der Waals surface area contributed by atoms with Crippen LogP contribution in [0.5, 0.6) is 17.2 Å². The van der Waals surface area contributed by atoms with Crippen molar-refractivity contribution in [2.75, 3.05) is 14.2 Å². The molecule has 0 bridgehead atoms. The number of carbonyl (C=O) groups is 1. The Morgan fingerprint density at radius 1 is 1.21 bits per heavy atom. The third-order valence-corrected chi connectivity index (χ3v) is 4.12. The minimum atomic E-state index is -0.448. The van der Waals surface area contributed by atoms with E-state index in [9.17, 15) is 15.2 Å². The number of amides is 1. The average molecular weight is 378 g/mol. The van der Waals surface area contributed by atoms with E-state index in [1.54, 1.807) is 24.3 Å². The van der Waals surface area contributed by atoms with Crippen LogP contribution >= 0.6 is 0 Å². The van der Waals surface area contributed by atoms with Gasteiger partial charge in [0.15, 0.2) is 11.5 Å². The Morgan fingerprint density at radius 3 is 2.43 bits per heavy atom. The van der Waals surface area contributed by atoms with Gasteiger partial charge in [0.05, 0.1) is 14.2 Å². The van der Waals surface area contributed by atoms with Crippen LogP contribution in [0, 0.1) is 18.3 Å². The first-order valence-electron chi connectivity index (χ1n) is 8.56. The molecule has 28 heavy (non-hydrogen) atoms. The summed E-state index contributed by atoms with van der Waals surface area (Å²) in [5.74, 6) is -0.0128. The summed E-state index contributed by atoms with van der Waals surface area (Å²) in [4.78, 5) is 12.2. The minimum Gasteiger partial charge on any atom is -0.502 e. The summed E-state index contributed by atoms with van der Waals surface area (Å²) in [6, 6.07) is 12.9. The molecule has 0 aliphatic rings. The minimum absolute atomic E-state index is 0.0115. The molecule has 0 aliphatic carbocycles. The van der Waals surface area contributed by atoms with Gasteiger partial charge in [0.25, 0.3) is 5.91 Å². The maximum absolute atomic E-state index is 12.2. The topological polar surface area (TPSA) is 91.6 Å². The third-order valence-electron chi connectivity index (χ3n) is 4.12. The molecule has 1 amide bonds. The fourth-order valence-corrected chi connectivity index (χ4v) is 2.51. The molecule has 2 rings (SSSR count). The summed E-state index contributed by atoms with van der Waals surface area (Å²) < 4.78 is 10.2. The Labute approximate surface area is 164 Å². The van der Waals surface area contributed by atoms with Gasteiger partial charge in [-0.2, -0.15) is 5.26 Å². The first kappa shape index (κ1) is 20.6. The van der Waals surface area contributed by atoms with E-state index in [4.69, 9.17) is 9.47 Å². The molecule has 0 fully saturated rings. The van der Waals surface area contributed by atoms with Gasteiger partial charge in [0, 0.05) is 6.54 Å². The zero-order valence-electron chi connectivity index (χ0n) is 16.0. The van der Waals surface area contributed by atoms with Gasteiger partial charge < -0.3 is 19.9 Å². The zero-order valence-corrected chi connectivity index (χ0v) is 16.0. The van der Waals surface area contributed by atoms with Crippen molar-refractivity contribution in [1.82, 2.24) is 5.32 Å². The second-order valence-electron chi connectivity index (χ2n) is 5.93. The average Bonchev–Trinajstić information content (AvgIpc) is 2.71. The number of phenolic OH excluding ortho intramolecular Hbond substituents is 1. The summed E-state index contributed by atoms with van der Waals surface area (Å²) in [5, 5.41) is 21.9. The monoisotopic (exact) mass is 378 g/mol. The van der Waals surface area contributed by atoms with Crippen LogP contribution in [0.1, 0.15) is 16.7 Å². The van der Waals surface area contributed by atoms with Crippen LogP contribution in [-0.2, 0) is 11.3 Å². The lowest BCUT2D eigenvalue weighted by Gasteiger charge is -2.09. The van der Waals surface area contributed by atoms with E-state index in [0.29, 0.717) is 12.1 Å². The molecule has 2 aromatic carbocycles. The molecular weight excluding hydrogens is 356 g/mol. The number of hydrogen-bond donors (Lipinski definition) is 2. The van der Waals surface area contributed by atoms with Gasteiger partial charge >= 0.3 is 0 Å².